The van der Waals surface area contributed by atoms with Crippen molar-refractivity contribution in [2.45, 2.75) is 51.4 Å². The molecule has 0 bridgehead atoms. The maximum absolute atomic E-state index is 12.5. The van der Waals surface area contributed by atoms with Crippen molar-refractivity contribution >= 4 is 11.9 Å². The zero-order chi connectivity index (χ0) is 16.7. The van der Waals surface area contributed by atoms with Crippen LogP contribution in [0.25, 0.3) is 0 Å². The summed E-state index contributed by atoms with van der Waals surface area (Å²) in [5.74, 6) is -1.53. The number of rotatable bonds is 7. The van der Waals surface area contributed by atoms with E-state index in [9.17, 15) is 14.7 Å². The molecule has 0 saturated heterocycles. The normalized spacial score (nSPS) is 22.3. The SMILES string of the molecule is CCCC(CNC(=O)C1CCCCC1C(=O)O)c1ccccc1. The lowest BCUT2D eigenvalue weighted by atomic mass is 9.78. The second-order valence-corrected chi connectivity index (χ2v) is 6.48. The molecule has 126 valence electrons. The highest BCUT2D eigenvalue weighted by atomic mass is 16.4. The predicted octanol–water partition coefficient (Wildman–Crippen LogP) is 3.58. The Balaban J connectivity index is 1.96. The monoisotopic (exact) mass is 317 g/mol. The number of carboxylic acid groups (broad SMARTS) is 1. The Morgan fingerprint density at radius 3 is 2.43 bits per heavy atom. The van der Waals surface area contributed by atoms with E-state index in [4.69, 9.17) is 0 Å². The van der Waals surface area contributed by atoms with E-state index in [1.165, 1.54) is 5.56 Å². The van der Waals surface area contributed by atoms with Gasteiger partial charge in [0, 0.05) is 12.5 Å². The average molecular weight is 317 g/mol. The molecule has 23 heavy (non-hydrogen) atoms. The number of benzene rings is 1. The number of nitrogens with one attached hydrogen (secondary N) is 1. The maximum Gasteiger partial charge on any atom is 0.307 e. The van der Waals surface area contributed by atoms with E-state index >= 15 is 0 Å². The van der Waals surface area contributed by atoms with Crippen molar-refractivity contribution in [2.75, 3.05) is 6.54 Å². The van der Waals surface area contributed by atoms with Crippen LogP contribution in [0.5, 0.6) is 0 Å². The second kappa shape index (κ2) is 8.70. The molecule has 1 aliphatic rings. The third-order valence-corrected chi connectivity index (χ3v) is 4.85. The molecule has 4 nitrogen and oxygen atoms in total. The van der Waals surface area contributed by atoms with Crippen molar-refractivity contribution in [3.8, 4) is 0 Å². The van der Waals surface area contributed by atoms with Crippen molar-refractivity contribution in [1.82, 2.24) is 5.32 Å². The molecule has 1 aromatic carbocycles. The van der Waals surface area contributed by atoms with Gasteiger partial charge in [0.05, 0.1) is 11.8 Å². The Bertz CT molecular complexity index is 515. The van der Waals surface area contributed by atoms with Crippen molar-refractivity contribution in [3.05, 3.63) is 35.9 Å². The number of carbonyl (C=O) groups excluding carboxylic acids is 1. The van der Waals surface area contributed by atoms with Crippen LogP contribution in [-0.2, 0) is 9.59 Å². The molecule has 0 radical (unpaired) electrons. The number of hydrogen-bond acceptors (Lipinski definition) is 2. The van der Waals surface area contributed by atoms with E-state index in [0.717, 1.165) is 25.7 Å². The van der Waals surface area contributed by atoms with Crippen molar-refractivity contribution in [3.63, 3.8) is 0 Å². The number of aliphatic carboxylic acids is 1. The molecule has 0 heterocycles. The van der Waals surface area contributed by atoms with Gasteiger partial charge in [-0.1, -0.05) is 56.5 Å². The summed E-state index contributed by atoms with van der Waals surface area (Å²) in [5, 5.41) is 12.3. The highest BCUT2D eigenvalue weighted by Crippen LogP contribution is 2.30. The lowest BCUT2D eigenvalue weighted by molar-refractivity contribution is -0.148. The zero-order valence-electron chi connectivity index (χ0n) is 13.8. The van der Waals surface area contributed by atoms with Crippen molar-refractivity contribution < 1.29 is 14.7 Å². The smallest absolute Gasteiger partial charge is 0.307 e. The molecule has 2 N–H and O–H groups in total. The first-order valence-corrected chi connectivity index (χ1v) is 8.69. The molecule has 1 aliphatic carbocycles. The van der Waals surface area contributed by atoms with Crippen LogP contribution in [0.3, 0.4) is 0 Å². The third kappa shape index (κ3) is 4.81. The Hall–Kier alpha value is -1.84. The van der Waals surface area contributed by atoms with Crippen molar-refractivity contribution in [1.29, 1.82) is 0 Å². The van der Waals surface area contributed by atoms with Gasteiger partial charge in [-0.15, -0.1) is 0 Å². The second-order valence-electron chi connectivity index (χ2n) is 6.48. The van der Waals surface area contributed by atoms with Gasteiger partial charge in [0.1, 0.15) is 0 Å². The highest BCUT2D eigenvalue weighted by Gasteiger charge is 2.35. The zero-order valence-corrected chi connectivity index (χ0v) is 13.8. The summed E-state index contributed by atoms with van der Waals surface area (Å²) >= 11 is 0. The Labute approximate surface area is 138 Å². The van der Waals surface area contributed by atoms with Crippen LogP contribution in [0.2, 0.25) is 0 Å². The van der Waals surface area contributed by atoms with Gasteiger partial charge in [-0.25, -0.2) is 0 Å². The standard InChI is InChI=1S/C19H27NO3/c1-2-8-15(14-9-4-3-5-10-14)13-20-18(21)16-11-6-7-12-17(16)19(22)23/h3-5,9-10,15-17H,2,6-8,11-13H2,1H3,(H,20,21)(H,22,23). The summed E-state index contributed by atoms with van der Waals surface area (Å²) < 4.78 is 0. The quantitative estimate of drug-likeness (QED) is 0.808. The lowest BCUT2D eigenvalue weighted by Gasteiger charge is -2.28. The first-order valence-electron chi connectivity index (χ1n) is 8.69. The van der Waals surface area contributed by atoms with Crippen LogP contribution < -0.4 is 5.32 Å². The van der Waals surface area contributed by atoms with Gasteiger partial charge in [0.25, 0.3) is 0 Å². The van der Waals surface area contributed by atoms with Crippen LogP contribution >= 0.6 is 0 Å². The molecule has 1 aromatic rings. The molecular weight excluding hydrogens is 290 g/mol. The van der Waals surface area contributed by atoms with Gasteiger partial charge in [-0.2, -0.15) is 0 Å². The number of hydrogen-bond donors (Lipinski definition) is 2. The molecule has 3 atom stereocenters. The summed E-state index contributed by atoms with van der Waals surface area (Å²) in [6, 6.07) is 10.2. The molecule has 1 saturated carbocycles. The first-order chi connectivity index (χ1) is 11.1. The van der Waals surface area contributed by atoms with Crippen LogP contribution in [0.15, 0.2) is 30.3 Å². The minimum atomic E-state index is -0.835. The molecule has 3 unspecified atom stereocenters. The molecule has 0 spiro atoms. The molecule has 4 heteroatoms. The summed E-state index contributed by atoms with van der Waals surface area (Å²) in [7, 11) is 0. The molecular formula is C19H27NO3. The van der Waals surface area contributed by atoms with Crippen LogP contribution in [0, 0.1) is 11.8 Å². The first kappa shape index (κ1) is 17.5. The number of carboxylic acids is 1. The van der Waals surface area contributed by atoms with Crippen LogP contribution in [-0.4, -0.2) is 23.5 Å². The summed E-state index contributed by atoms with van der Waals surface area (Å²) in [6.07, 6.45) is 5.22. The summed E-state index contributed by atoms with van der Waals surface area (Å²) in [6.45, 7) is 2.72. The average Bonchev–Trinajstić information content (AvgIpc) is 2.59. The topological polar surface area (TPSA) is 66.4 Å². The Kier molecular flexibility index (Phi) is 6.63. The molecule has 1 fully saturated rings. The molecule has 2 rings (SSSR count). The van der Waals surface area contributed by atoms with Gasteiger partial charge >= 0.3 is 5.97 Å². The van der Waals surface area contributed by atoms with E-state index < -0.39 is 11.9 Å². The molecule has 0 aliphatic heterocycles. The molecule has 0 aromatic heterocycles. The van der Waals surface area contributed by atoms with E-state index in [1.54, 1.807) is 0 Å². The Morgan fingerprint density at radius 1 is 1.17 bits per heavy atom. The number of amides is 1. The Morgan fingerprint density at radius 2 is 1.83 bits per heavy atom. The van der Waals surface area contributed by atoms with E-state index in [-0.39, 0.29) is 17.7 Å². The minimum Gasteiger partial charge on any atom is -0.481 e. The van der Waals surface area contributed by atoms with Crippen LogP contribution in [0.1, 0.15) is 56.9 Å². The number of carbonyl (C=O) groups is 2. The predicted molar refractivity (Wildman–Crippen MR) is 90.2 cm³/mol. The summed E-state index contributed by atoms with van der Waals surface area (Å²) in [5.41, 5.74) is 1.23. The fraction of sp³-hybridized carbons (Fsp3) is 0.579. The highest BCUT2D eigenvalue weighted by molar-refractivity contribution is 5.84. The lowest BCUT2D eigenvalue weighted by Crippen LogP contribution is -2.41. The van der Waals surface area contributed by atoms with E-state index in [2.05, 4.69) is 24.4 Å². The van der Waals surface area contributed by atoms with Gasteiger partial charge in [0.2, 0.25) is 5.91 Å². The van der Waals surface area contributed by atoms with Gasteiger partial charge in [0.15, 0.2) is 0 Å². The molecule has 1 amide bonds. The van der Waals surface area contributed by atoms with Crippen molar-refractivity contribution in [2.24, 2.45) is 11.8 Å². The summed E-state index contributed by atoms with van der Waals surface area (Å²) in [4.78, 5) is 23.8. The minimum absolute atomic E-state index is 0.0888. The van der Waals surface area contributed by atoms with E-state index in [0.29, 0.717) is 19.4 Å². The third-order valence-electron chi connectivity index (χ3n) is 4.85. The van der Waals surface area contributed by atoms with Gasteiger partial charge in [-0.05, 0) is 24.8 Å². The van der Waals surface area contributed by atoms with Gasteiger partial charge < -0.3 is 10.4 Å². The maximum atomic E-state index is 12.5. The van der Waals surface area contributed by atoms with Crippen LogP contribution in [0.4, 0.5) is 0 Å². The fourth-order valence-corrected chi connectivity index (χ4v) is 3.56. The fourth-order valence-electron chi connectivity index (χ4n) is 3.56. The van der Waals surface area contributed by atoms with Gasteiger partial charge in [-0.3, -0.25) is 9.59 Å². The van der Waals surface area contributed by atoms with E-state index in [1.807, 2.05) is 18.2 Å². The largest absolute Gasteiger partial charge is 0.481 e.